The van der Waals surface area contributed by atoms with E-state index < -0.39 is 0 Å². The molecule has 2 rings (SSSR count). The molecule has 0 heterocycles. The predicted octanol–water partition coefficient (Wildman–Crippen LogP) is 2.43. The predicted molar refractivity (Wildman–Crippen MR) is 73.5 cm³/mol. The Morgan fingerprint density at radius 2 is 1.95 bits per heavy atom. The van der Waals surface area contributed by atoms with Crippen LogP contribution in [0.15, 0.2) is 12.1 Å². The van der Waals surface area contributed by atoms with Crippen LogP contribution in [0.2, 0.25) is 0 Å². The fraction of sp³-hybridized carbons (Fsp3) is 0.533. The number of ether oxygens (including phenoxy) is 2. The quantitative estimate of drug-likeness (QED) is 0.887. The molecule has 1 N–H and O–H groups in total. The molecular formula is C15H21NO3. The number of methoxy groups -OCH3 is 2. The van der Waals surface area contributed by atoms with Crippen LogP contribution in [0.5, 0.6) is 11.5 Å². The molecule has 1 amide bonds. The lowest BCUT2D eigenvalue weighted by atomic mass is 9.85. The summed E-state index contributed by atoms with van der Waals surface area (Å²) in [6.45, 7) is 2.45. The van der Waals surface area contributed by atoms with Gasteiger partial charge in [0.05, 0.1) is 14.2 Å². The Kier molecular flexibility index (Phi) is 4.30. The van der Waals surface area contributed by atoms with Crippen LogP contribution in [0.25, 0.3) is 0 Å². The normalized spacial score (nSPS) is 14.7. The molecular weight excluding hydrogens is 242 g/mol. The highest BCUT2D eigenvalue weighted by Gasteiger charge is 2.25. The van der Waals surface area contributed by atoms with Crippen LogP contribution < -0.4 is 14.8 Å². The molecule has 1 aliphatic rings. The summed E-state index contributed by atoms with van der Waals surface area (Å²) in [5.41, 5.74) is 1.96. The maximum absolute atomic E-state index is 11.8. The molecule has 0 saturated heterocycles. The number of hydrogen-bond donors (Lipinski definition) is 1. The number of aryl methyl sites for hydroxylation is 1. The number of rotatable bonds is 5. The minimum Gasteiger partial charge on any atom is -0.496 e. The third-order valence-electron chi connectivity index (χ3n) is 3.73. The molecule has 104 valence electrons. The van der Waals surface area contributed by atoms with Gasteiger partial charge in [-0.3, -0.25) is 4.79 Å². The monoisotopic (exact) mass is 263 g/mol. The summed E-state index contributed by atoms with van der Waals surface area (Å²) in [6.07, 6.45) is 3.19. The second kappa shape index (κ2) is 5.95. The van der Waals surface area contributed by atoms with Gasteiger partial charge in [-0.25, -0.2) is 0 Å². The first kappa shape index (κ1) is 13.7. The lowest BCUT2D eigenvalue weighted by molar-refractivity contribution is -0.127. The minimum absolute atomic E-state index is 0.146. The maximum Gasteiger partial charge on any atom is 0.223 e. The largest absolute Gasteiger partial charge is 0.496 e. The second-order valence-electron chi connectivity index (χ2n) is 4.98. The molecule has 4 nitrogen and oxygen atoms in total. The van der Waals surface area contributed by atoms with Crippen molar-refractivity contribution >= 4 is 5.91 Å². The van der Waals surface area contributed by atoms with Crippen LogP contribution in [0, 0.1) is 12.8 Å². The first-order valence-corrected chi connectivity index (χ1v) is 6.65. The molecule has 0 aliphatic heterocycles. The van der Waals surface area contributed by atoms with Crippen LogP contribution in [0.3, 0.4) is 0 Å². The number of carbonyl (C=O) groups excluding carboxylic acids is 1. The topological polar surface area (TPSA) is 47.6 Å². The second-order valence-corrected chi connectivity index (χ2v) is 4.98. The molecule has 1 fully saturated rings. The average molecular weight is 263 g/mol. The van der Waals surface area contributed by atoms with Crippen LogP contribution >= 0.6 is 0 Å². The first-order valence-electron chi connectivity index (χ1n) is 6.65. The fourth-order valence-corrected chi connectivity index (χ4v) is 2.25. The summed E-state index contributed by atoms with van der Waals surface area (Å²) in [5, 5.41) is 2.97. The van der Waals surface area contributed by atoms with E-state index in [1.54, 1.807) is 14.2 Å². The highest BCUT2D eigenvalue weighted by Crippen LogP contribution is 2.29. The van der Waals surface area contributed by atoms with E-state index in [1.165, 1.54) is 6.42 Å². The molecule has 0 unspecified atom stereocenters. The van der Waals surface area contributed by atoms with Gasteiger partial charge in [-0.1, -0.05) is 6.42 Å². The summed E-state index contributed by atoms with van der Waals surface area (Å²) >= 11 is 0. The molecule has 19 heavy (non-hydrogen) atoms. The van der Waals surface area contributed by atoms with Crippen molar-refractivity contribution in [3.05, 3.63) is 23.3 Å². The highest BCUT2D eigenvalue weighted by molar-refractivity contribution is 5.79. The Morgan fingerprint density at radius 1 is 1.26 bits per heavy atom. The van der Waals surface area contributed by atoms with Crippen molar-refractivity contribution in [2.45, 2.75) is 32.7 Å². The zero-order chi connectivity index (χ0) is 13.8. The van der Waals surface area contributed by atoms with Gasteiger partial charge in [0.25, 0.3) is 0 Å². The van der Waals surface area contributed by atoms with Crippen molar-refractivity contribution < 1.29 is 14.3 Å². The molecule has 1 saturated carbocycles. The van der Waals surface area contributed by atoms with Crippen LogP contribution in [-0.2, 0) is 11.3 Å². The van der Waals surface area contributed by atoms with Gasteiger partial charge in [0, 0.05) is 18.0 Å². The van der Waals surface area contributed by atoms with Gasteiger partial charge in [-0.15, -0.1) is 0 Å². The van der Waals surface area contributed by atoms with Crippen molar-refractivity contribution in [2.24, 2.45) is 5.92 Å². The zero-order valence-corrected chi connectivity index (χ0v) is 11.8. The Hall–Kier alpha value is -1.71. The third kappa shape index (κ3) is 3.00. The van der Waals surface area contributed by atoms with E-state index in [0.717, 1.165) is 35.5 Å². The van der Waals surface area contributed by atoms with Gasteiger partial charge < -0.3 is 14.8 Å². The van der Waals surface area contributed by atoms with Gasteiger partial charge >= 0.3 is 0 Å². The van der Waals surface area contributed by atoms with Crippen LogP contribution in [0.1, 0.15) is 30.4 Å². The summed E-state index contributed by atoms with van der Waals surface area (Å²) in [7, 11) is 3.28. The van der Waals surface area contributed by atoms with Crippen molar-refractivity contribution in [3.8, 4) is 11.5 Å². The van der Waals surface area contributed by atoms with Gasteiger partial charge in [0.1, 0.15) is 11.5 Å². The summed E-state index contributed by atoms with van der Waals surface area (Å²) in [6, 6.07) is 3.86. The summed E-state index contributed by atoms with van der Waals surface area (Å²) < 4.78 is 10.7. The SMILES string of the molecule is COc1cc(CNC(=O)C2CCC2)c(OC)cc1C. The number of amides is 1. The van der Waals surface area contributed by atoms with Gasteiger partial charge in [-0.2, -0.15) is 0 Å². The Morgan fingerprint density at radius 3 is 2.47 bits per heavy atom. The number of benzene rings is 1. The van der Waals surface area contributed by atoms with Crippen molar-refractivity contribution in [2.75, 3.05) is 14.2 Å². The van der Waals surface area contributed by atoms with E-state index in [1.807, 2.05) is 19.1 Å². The molecule has 1 aliphatic carbocycles. The molecule has 1 aromatic carbocycles. The Bertz CT molecular complexity index is 467. The maximum atomic E-state index is 11.8. The zero-order valence-electron chi connectivity index (χ0n) is 11.8. The molecule has 4 heteroatoms. The van der Waals surface area contributed by atoms with Gasteiger partial charge in [-0.05, 0) is 37.5 Å². The van der Waals surface area contributed by atoms with E-state index in [0.29, 0.717) is 6.54 Å². The van der Waals surface area contributed by atoms with Crippen molar-refractivity contribution in [3.63, 3.8) is 0 Å². The Labute approximate surface area is 114 Å². The smallest absolute Gasteiger partial charge is 0.223 e. The standard InChI is InChI=1S/C15H21NO3/c1-10-7-14(19-3)12(8-13(10)18-2)9-16-15(17)11-5-4-6-11/h7-8,11H,4-6,9H2,1-3H3,(H,16,17). The van der Waals surface area contributed by atoms with E-state index in [4.69, 9.17) is 9.47 Å². The minimum atomic E-state index is 0.146. The van der Waals surface area contributed by atoms with E-state index in [2.05, 4.69) is 5.32 Å². The van der Waals surface area contributed by atoms with Crippen LogP contribution in [-0.4, -0.2) is 20.1 Å². The van der Waals surface area contributed by atoms with Gasteiger partial charge in [0.2, 0.25) is 5.91 Å². The Balaban J connectivity index is 2.07. The van der Waals surface area contributed by atoms with E-state index in [-0.39, 0.29) is 11.8 Å². The summed E-state index contributed by atoms with van der Waals surface area (Å²) in [5.74, 6) is 1.95. The van der Waals surface area contributed by atoms with E-state index in [9.17, 15) is 4.79 Å². The van der Waals surface area contributed by atoms with Crippen molar-refractivity contribution in [1.82, 2.24) is 5.32 Å². The molecule has 0 bridgehead atoms. The third-order valence-corrected chi connectivity index (χ3v) is 3.73. The highest BCUT2D eigenvalue weighted by atomic mass is 16.5. The number of nitrogens with one attached hydrogen (secondary N) is 1. The molecule has 0 radical (unpaired) electrons. The fourth-order valence-electron chi connectivity index (χ4n) is 2.25. The van der Waals surface area contributed by atoms with Gasteiger partial charge in [0.15, 0.2) is 0 Å². The molecule has 1 aromatic rings. The molecule has 0 aromatic heterocycles. The lowest BCUT2D eigenvalue weighted by Crippen LogP contribution is -2.34. The molecule has 0 atom stereocenters. The number of carbonyl (C=O) groups is 1. The number of hydrogen-bond acceptors (Lipinski definition) is 3. The average Bonchev–Trinajstić information content (AvgIpc) is 2.34. The first-order chi connectivity index (χ1) is 9.15. The van der Waals surface area contributed by atoms with E-state index >= 15 is 0 Å². The lowest BCUT2D eigenvalue weighted by Gasteiger charge is -2.24. The summed E-state index contributed by atoms with van der Waals surface area (Å²) in [4.78, 5) is 11.8. The van der Waals surface area contributed by atoms with Crippen LogP contribution in [0.4, 0.5) is 0 Å². The molecule has 0 spiro atoms. The van der Waals surface area contributed by atoms with Crippen molar-refractivity contribution in [1.29, 1.82) is 0 Å².